The smallest absolute Gasteiger partial charge is 0.337 e. The van der Waals surface area contributed by atoms with Crippen LogP contribution in [-0.4, -0.2) is 32.1 Å². The highest BCUT2D eigenvalue weighted by atomic mass is 19.1. The number of halogens is 1. The number of dihydropyridines is 1. The number of ether oxygens (including phenoxy) is 3. The third kappa shape index (κ3) is 4.94. The fourth-order valence-corrected chi connectivity index (χ4v) is 6.07. The van der Waals surface area contributed by atoms with E-state index < -0.39 is 17.7 Å². The first-order valence-electron chi connectivity index (χ1n) is 13.3. The van der Waals surface area contributed by atoms with Crippen molar-refractivity contribution in [3.8, 4) is 11.5 Å². The Morgan fingerprint density at radius 3 is 2.42 bits per heavy atom. The van der Waals surface area contributed by atoms with Crippen LogP contribution >= 0.6 is 0 Å². The van der Waals surface area contributed by atoms with Gasteiger partial charge in [0.25, 0.3) is 0 Å². The number of rotatable bonds is 6. The van der Waals surface area contributed by atoms with Gasteiger partial charge in [0.1, 0.15) is 11.9 Å². The maximum Gasteiger partial charge on any atom is 0.337 e. The van der Waals surface area contributed by atoms with Crippen LogP contribution in [0.1, 0.15) is 74.8 Å². The first-order chi connectivity index (χ1) is 18.4. The number of hydrogen-bond acceptors (Lipinski definition) is 6. The quantitative estimate of drug-likeness (QED) is 0.466. The van der Waals surface area contributed by atoms with Gasteiger partial charge >= 0.3 is 5.97 Å². The predicted molar refractivity (Wildman–Crippen MR) is 141 cm³/mol. The topological polar surface area (TPSA) is 73.9 Å². The van der Waals surface area contributed by atoms with Gasteiger partial charge in [-0.05, 0) is 68.7 Å². The van der Waals surface area contributed by atoms with Gasteiger partial charge < -0.3 is 19.5 Å². The first kappa shape index (κ1) is 26.0. The Balaban J connectivity index is 1.52. The average molecular weight is 520 g/mol. The summed E-state index contributed by atoms with van der Waals surface area (Å²) in [5, 5.41) is 3.35. The Hall–Kier alpha value is -3.61. The van der Waals surface area contributed by atoms with E-state index in [4.69, 9.17) is 14.2 Å². The Morgan fingerprint density at radius 2 is 1.71 bits per heavy atom. The average Bonchev–Trinajstić information content (AvgIpc) is 2.92. The Kier molecular flexibility index (Phi) is 7.54. The molecule has 6 nitrogen and oxygen atoms in total. The molecule has 200 valence electrons. The summed E-state index contributed by atoms with van der Waals surface area (Å²) in [4.78, 5) is 27.4. The Bertz CT molecular complexity index is 1310. The lowest BCUT2D eigenvalue weighted by Gasteiger charge is -2.37. The molecule has 5 rings (SSSR count). The molecule has 0 spiro atoms. The number of Topliss-reactive ketones (excluding diaryl/α,β-unsaturated/α-hetero) is 1. The number of carbonyl (C=O) groups excluding carboxylic acids is 2. The molecular weight excluding hydrogens is 485 g/mol. The van der Waals surface area contributed by atoms with E-state index in [2.05, 4.69) is 5.32 Å². The second-order valence-electron chi connectivity index (χ2n) is 10.3. The highest BCUT2D eigenvalue weighted by Crippen LogP contribution is 2.47. The fourth-order valence-electron chi connectivity index (χ4n) is 6.07. The maximum absolute atomic E-state index is 15.2. The van der Waals surface area contributed by atoms with E-state index in [1.807, 2.05) is 18.2 Å². The van der Waals surface area contributed by atoms with Gasteiger partial charge in [-0.2, -0.15) is 0 Å². The number of methoxy groups -OCH3 is 2. The van der Waals surface area contributed by atoms with Crippen molar-refractivity contribution in [1.29, 1.82) is 0 Å². The number of allylic oxidation sites excluding steroid dienone is 3. The van der Waals surface area contributed by atoms with Crippen molar-refractivity contribution >= 4 is 11.8 Å². The molecule has 1 N–H and O–H groups in total. The summed E-state index contributed by atoms with van der Waals surface area (Å²) >= 11 is 0. The molecule has 2 aromatic carbocycles. The highest BCUT2D eigenvalue weighted by molar-refractivity contribution is 6.04. The van der Waals surface area contributed by atoms with Crippen LogP contribution in [0, 0.1) is 5.82 Å². The number of ketones is 1. The number of esters is 1. The lowest BCUT2D eigenvalue weighted by molar-refractivity contribution is -0.146. The summed E-state index contributed by atoms with van der Waals surface area (Å²) in [6, 6.07) is 12.1. The lowest BCUT2D eigenvalue weighted by atomic mass is 9.71. The summed E-state index contributed by atoms with van der Waals surface area (Å²) in [6.07, 6.45) is 5.48. The van der Waals surface area contributed by atoms with Crippen LogP contribution in [0.3, 0.4) is 0 Å². The molecule has 7 heteroatoms. The summed E-state index contributed by atoms with van der Waals surface area (Å²) in [5.74, 6) is -0.730. The molecule has 1 saturated carbocycles. The van der Waals surface area contributed by atoms with E-state index in [0.717, 1.165) is 43.4 Å². The molecule has 0 saturated heterocycles. The van der Waals surface area contributed by atoms with Gasteiger partial charge in [0.15, 0.2) is 17.3 Å². The van der Waals surface area contributed by atoms with E-state index in [9.17, 15) is 9.59 Å². The normalized spacial score (nSPS) is 22.1. The zero-order valence-electron chi connectivity index (χ0n) is 22.1. The second-order valence-corrected chi connectivity index (χ2v) is 10.3. The van der Waals surface area contributed by atoms with Crippen LogP contribution in [0.25, 0.3) is 0 Å². The molecule has 1 aliphatic heterocycles. The Labute approximate surface area is 222 Å². The predicted octanol–water partition coefficient (Wildman–Crippen LogP) is 6.08. The van der Waals surface area contributed by atoms with E-state index in [0.29, 0.717) is 40.3 Å². The van der Waals surface area contributed by atoms with Gasteiger partial charge in [-0.3, -0.25) is 4.79 Å². The molecule has 2 aliphatic carbocycles. The number of nitrogens with one attached hydrogen (secondary N) is 1. The van der Waals surface area contributed by atoms with Crippen LogP contribution in [0.15, 0.2) is 65.0 Å². The molecule has 0 amide bonds. The molecule has 38 heavy (non-hydrogen) atoms. The van der Waals surface area contributed by atoms with Crippen molar-refractivity contribution in [3.63, 3.8) is 0 Å². The van der Waals surface area contributed by atoms with Gasteiger partial charge in [0.2, 0.25) is 0 Å². The molecule has 0 unspecified atom stereocenters. The highest BCUT2D eigenvalue weighted by Gasteiger charge is 2.42. The molecule has 1 heterocycles. The second kappa shape index (κ2) is 11.0. The van der Waals surface area contributed by atoms with E-state index in [1.165, 1.54) is 6.07 Å². The van der Waals surface area contributed by atoms with Gasteiger partial charge in [-0.25, -0.2) is 9.18 Å². The summed E-state index contributed by atoms with van der Waals surface area (Å²) in [6.45, 7) is 1.81. The van der Waals surface area contributed by atoms with Crippen LogP contribution < -0.4 is 14.8 Å². The summed E-state index contributed by atoms with van der Waals surface area (Å²) in [7, 11) is 3.16. The number of carbonyl (C=O) groups is 2. The standard InChI is InChI=1S/C31H34FNO5/c1-18-28(31(35)38-21-9-5-4-6-10-21)29(22-11-7-8-12-23(22)32)30-24(33-18)15-20(16-25(30)34)19-13-14-26(36-2)27(17-19)37-3/h7-8,11-14,17,20-21,29,33H,4-6,9-10,15-16H2,1-3H3/t20-,29+/m1/s1. The number of benzene rings is 2. The number of hydrogen-bond donors (Lipinski definition) is 1. The van der Waals surface area contributed by atoms with Crippen molar-refractivity contribution in [1.82, 2.24) is 5.32 Å². The zero-order valence-corrected chi connectivity index (χ0v) is 22.1. The lowest BCUT2D eigenvalue weighted by Crippen LogP contribution is -2.37. The van der Waals surface area contributed by atoms with Crippen molar-refractivity contribution in [2.24, 2.45) is 0 Å². The minimum absolute atomic E-state index is 0.0987. The maximum atomic E-state index is 15.2. The molecular formula is C31H34FNO5. The summed E-state index contributed by atoms with van der Waals surface area (Å²) in [5.41, 5.74) is 3.36. The molecule has 0 aromatic heterocycles. The molecule has 2 aromatic rings. The molecule has 0 bridgehead atoms. The third-order valence-corrected chi connectivity index (χ3v) is 7.97. The van der Waals surface area contributed by atoms with Gasteiger partial charge in [-0.1, -0.05) is 30.7 Å². The van der Waals surface area contributed by atoms with Gasteiger partial charge in [-0.15, -0.1) is 0 Å². The SMILES string of the molecule is COc1ccc([C@H]2CC(=O)C3=C(C2)NC(C)=C(C(=O)OC2CCCCC2)[C@@H]3c2ccccc2F)cc1OC. The van der Waals surface area contributed by atoms with Crippen LogP contribution in [0.2, 0.25) is 0 Å². The third-order valence-electron chi connectivity index (χ3n) is 7.97. The molecule has 2 atom stereocenters. The van der Waals surface area contributed by atoms with E-state index in [1.54, 1.807) is 39.3 Å². The molecule has 1 fully saturated rings. The van der Waals surface area contributed by atoms with Gasteiger partial charge in [0.05, 0.1) is 25.7 Å². The van der Waals surface area contributed by atoms with Crippen molar-refractivity contribution in [3.05, 3.63) is 81.9 Å². The fraction of sp³-hybridized carbons (Fsp3) is 0.419. The van der Waals surface area contributed by atoms with Gasteiger partial charge in [0, 0.05) is 29.0 Å². The monoisotopic (exact) mass is 519 g/mol. The van der Waals surface area contributed by atoms with E-state index >= 15 is 4.39 Å². The van der Waals surface area contributed by atoms with Crippen LogP contribution in [-0.2, 0) is 14.3 Å². The largest absolute Gasteiger partial charge is 0.493 e. The first-order valence-corrected chi connectivity index (χ1v) is 13.3. The van der Waals surface area contributed by atoms with Crippen molar-refractivity contribution < 1.29 is 28.2 Å². The van der Waals surface area contributed by atoms with Crippen molar-refractivity contribution in [2.45, 2.75) is 69.8 Å². The van der Waals surface area contributed by atoms with E-state index in [-0.39, 0.29) is 24.2 Å². The van der Waals surface area contributed by atoms with Crippen LogP contribution in [0.5, 0.6) is 11.5 Å². The van der Waals surface area contributed by atoms with Crippen molar-refractivity contribution in [2.75, 3.05) is 14.2 Å². The molecule has 0 radical (unpaired) electrons. The minimum Gasteiger partial charge on any atom is -0.493 e. The molecule has 3 aliphatic rings. The minimum atomic E-state index is -0.817. The Morgan fingerprint density at radius 1 is 0.974 bits per heavy atom. The summed E-state index contributed by atoms with van der Waals surface area (Å²) < 4.78 is 32.0. The zero-order chi connectivity index (χ0) is 26.8. The van der Waals surface area contributed by atoms with Crippen LogP contribution in [0.4, 0.5) is 4.39 Å².